The second-order valence-electron chi connectivity index (χ2n) is 7.03. The van der Waals surface area contributed by atoms with E-state index in [2.05, 4.69) is 12.2 Å². The maximum atomic E-state index is 12.7. The number of piperidine rings is 1. The number of urea groups is 1. The van der Waals surface area contributed by atoms with Gasteiger partial charge in [-0.1, -0.05) is 6.92 Å². The number of carbonyl (C=O) groups is 3. The molecule has 1 aliphatic carbocycles. The number of imide groups is 1. The van der Waals surface area contributed by atoms with E-state index in [1.54, 1.807) is 4.90 Å². The predicted octanol–water partition coefficient (Wildman–Crippen LogP) is 1.50. The molecule has 4 amide bonds. The van der Waals surface area contributed by atoms with Crippen molar-refractivity contribution in [2.45, 2.75) is 57.4 Å². The highest BCUT2D eigenvalue weighted by molar-refractivity contribution is 6.09. The molecule has 6 heteroatoms. The van der Waals surface area contributed by atoms with Gasteiger partial charge in [0.2, 0.25) is 5.91 Å². The summed E-state index contributed by atoms with van der Waals surface area (Å²) in [5.74, 6) is 0.290. The molecule has 3 fully saturated rings. The van der Waals surface area contributed by atoms with Crippen LogP contribution in [0.15, 0.2) is 0 Å². The van der Waals surface area contributed by atoms with E-state index in [0.29, 0.717) is 18.8 Å². The lowest BCUT2D eigenvalue weighted by Crippen LogP contribution is -2.50. The van der Waals surface area contributed by atoms with E-state index >= 15 is 0 Å². The van der Waals surface area contributed by atoms with Crippen molar-refractivity contribution in [1.82, 2.24) is 15.1 Å². The third kappa shape index (κ3) is 2.71. The SMILES string of the molecule is CC1CCC2(CC1)NC(=O)N(CC(=O)N1CCCCC1)C2=O. The Labute approximate surface area is 131 Å². The Morgan fingerprint density at radius 1 is 1.18 bits per heavy atom. The van der Waals surface area contributed by atoms with Crippen molar-refractivity contribution < 1.29 is 14.4 Å². The fraction of sp³-hybridized carbons (Fsp3) is 0.812. The molecular weight excluding hydrogens is 282 g/mol. The molecule has 122 valence electrons. The van der Waals surface area contributed by atoms with Crippen LogP contribution in [-0.2, 0) is 9.59 Å². The third-order valence-corrected chi connectivity index (χ3v) is 5.38. The summed E-state index contributed by atoms with van der Waals surface area (Å²) in [6.45, 7) is 3.55. The topological polar surface area (TPSA) is 69.7 Å². The summed E-state index contributed by atoms with van der Waals surface area (Å²) < 4.78 is 0. The predicted molar refractivity (Wildman–Crippen MR) is 81.0 cm³/mol. The number of nitrogens with zero attached hydrogens (tertiary/aromatic N) is 2. The number of rotatable bonds is 2. The Hall–Kier alpha value is -1.59. The van der Waals surface area contributed by atoms with Crippen LogP contribution >= 0.6 is 0 Å². The van der Waals surface area contributed by atoms with E-state index in [-0.39, 0.29) is 18.4 Å². The molecule has 0 unspecified atom stereocenters. The summed E-state index contributed by atoms with van der Waals surface area (Å²) in [6, 6.07) is -0.398. The molecule has 22 heavy (non-hydrogen) atoms. The molecule has 6 nitrogen and oxygen atoms in total. The summed E-state index contributed by atoms with van der Waals surface area (Å²) in [5, 5.41) is 2.86. The zero-order valence-corrected chi connectivity index (χ0v) is 13.3. The second-order valence-corrected chi connectivity index (χ2v) is 7.03. The molecule has 3 aliphatic rings. The lowest BCUT2D eigenvalue weighted by atomic mass is 9.77. The normalized spacial score (nSPS) is 32.5. The van der Waals surface area contributed by atoms with Crippen molar-refractivity contribution >= 4 is 17.8 Å². The van der Waals surface area contributed by atoms with Gasteiger partial charge in [0, 0.05) is 13.1 Å². The van der Waals surface area contributed by atoms with Crippen LogP contribution in [0.5, 0.6) is 0 Å². The molecule has 1 spiro atoms. The Balaban J connectivity index is 1.65. The Kier molecular flexibility index (Phi) is 4.10. The van der Waals surface area contributed by atoms with Crippen LogP contribution in [0.1, 0.15) is 51.9 Å². The van der Waals surface area contributed by atoms with Crippen LogP contribution in [0.4, 0.5) is 4.79 Å². The van der Waals surface area contributed by atoms with Gasteiger partial charge in [-0.15, -0.1) is 0 Å². The lowest BCUT2D eigenvalue weighted by molar-refractivity contribution is -0.140. The van der Waals surface area contributed by atoms with Gasteiger partial charge in [-0.3, -0.25) is 14.5 Å². The van der Waals surface area contributed by atoms with Crippen molar-refractivity contribution in [3.63, 3.8) is 0 Å². The summed E-state index contributed by atoms with van der Waals surface area (Å²) in [7, 11) is 0. The molecule has 3 rings (SSSR count). The van der Waals surface area contributed by atoms with E-state index in [1.807, 2.05) is 0 Å². The molecule has 2 aliphatic heterocycles. The molecule has 1 N–H and O–H groups in total. The molecule has 2 saturated heterocycles. The van der Waals surface area contributed by atoms with Gasteiger partial charge in [-0.05, 0) is 50.9 Å². The zero-order chi connectivity index (χ0) is 15.7. The number of amides is 4. The number of carbonyl (C=O) groups excluding carboxylic acids is 3. The average molecular weight is 307 g/mol. The molecule has 0 bridgehead atoms. The monoisotopic (exact) mass is 307 g/mol. The van der Waals surface area contributed by atoms with E-state index in [1.165, 1.54) is 0 Å². The summed E-state index contributed by atoms with van der Waals surface area (Å²) in [5.41, 5.74) is -0.744. The van der Waals surface area contributed by atoms with Crippen molar-refractivity contribution in [1.29, 1.82) is 0 Å². The maximum absolute atomic E-state index is 12.7. The first-order valence-corrected chi connectivity index (χ1v) is 8.44. The van der Waals surface area contributed by atoms with Gasteiger partial charge in [0.1, 0.15) is 12.1 Å². The van der Waals surface area contributed by atoms with Crippen LogP contribution < -0.4 is 5.32 Å². The number of likely N-dealkylation sites (tertiary alicyclic amines) is 1. The van der Waals surface area contributed by atoms with Gasteiger partial charge in [0.15, 0.2) is 0 Å². The quantitative estimate of drug-likeness (QED) is 0.786. The van der Waals surface area contributed by atoms with Crippen LogP contribution in [0.2, 0.25) is 0 Å². The molecule has 1 saturated carbocycles. The van der Waals surface area contributed by atoms with Crippen LogP contribution in [-0.4, -0.2) is 52.8 Å². The first-order chi connectivity index (χ1) is 10.5. The highest BCUT2D eigenvalue weighted by atomic mass is 16.2. The molecule has 0 aromatic heterocycles. The van der Waals surface area contributed by atoms with Crippen molar-refractivity contribution in [2.75, 3.05) is 19.6 Å². The lowest BCUT2D eigenvalue weighted by Gasteiger charge is -2.33. The minimum atomic E-state index is -0.744. The molecule has 0 aromatic rings. The van der Waals surface area contributed by atoms with Gasteiger partial charge in [-0.25, -0.2) is 4.79 Å². The maximum Gasteiger partial charge on any atom is 0.325 e. The highest BCUT2D eigenvalue weighted by Gasteiger charge is 2.52. The summed E-state index contributed by atoms with van der Waals surface area (Å²) >= 11 is 0. The fourth-order valence-corrected chi connectivity index (χ4v) is 3.79. The average Bonchev–Trinajstić information content (AvgIpc) is 2.76. The smallest absolute Gasteiger partial charge is 0.325 e. The molecular formula is C16H25N3O3. The fourth-order valence-electron chi connectivity index (χ4n) is 3.79. The minimum Gasteiger partial charge on any atom is -0.341 e. The van der Waals surface area contributed by atoms with Gasteiger partial charge >= 0.3 is 6.03 Å². The van der Waals surface area contributed by atoms with E-state index < -0.39 is 11.6 Å². The van der Waals surface area contributed by atoms with Crippen LogP contribution in [0.25, 0.3) is 0 Å². The molecule has 0 radical (unpaired) electrons. The van der Waals surface area contributed by atoms with Crippen molar-refractivity contribution in [3.8, 4) is 0 Å². The van der Waals surface area contributed by atoms with Gasteiger partial charge in [0.05, 0.1) is 0 Å². The van der Waals surface area contributed by atoms with Gasteiger partial charge in [-0.2, -0.15) is 0 Å². The number of hydrogen-bond donors (Lipinski definition) is 1. The highest BCUT2D eigenvalue weighted by Crippen LogP contribution is 2.36. The van der Waals surface area contributed by atoms with E-state index in [9.17, 15) is 14.4 Å². The molecule has 2 heterocycles. The first-order valence-electron chi connectivity index (χ1n) is 8.44. The van der Waals surface area contributed by atoms with Crippen molar-refractivity contribution in [2.24, 2.45) is 5.92 Å². The van der Waals surface area contributed by atoms with E-state index in [0.717, 1.165) is 50.1 Å². The molecule has 0 aromatic carbocycles. The Morgan fingerprint density at radius 3 is 2.45 bits per heavy atom. The first kappa shape index (κ1) is 15.3. The summed E-state index contributed by atoms with van der Waals surface area (Å²) in [6.07, 6.45) is 6.43. The largest absolute Gasteiger partial charge is 0.341 e. The second kappa shape index (κ2) is 5.89. The van der Waals surface area contributed by atoms with Crippen molar-refractivity contribution in [3.05, 3.63) is 0 Å². The summed E-state index contributed by atoms with van der Waals surface area (Å²) in [4.78, 5) is 40.1. The number of hydrogen-bond acceptors (Lipinski definition) is 3. The van der Waals surface area contributed by atoms with Gasteiger partial charge in [0.25, 0.3) is 5.91 Å². The third-order valence-electron chi connectivity index (χ3n) is 5.38. The Morgan fingerprint density at radius 2 is 1.82 bits per heavy atom. The standard InChI is InChI=1S/C16H25N3O3/c1-12-5-7-16(8-6-12)14(21)19(15(22)17-16)11-13(20)18-9-3-2-4-10-18/h12H,2-11H2,1H3,(H,17,22). The Bertz CT molecular complexity index is 477. The van der Waals surface area contributed by atoms with Gasteiger partial charge < -0.3 is 10.2 Å². The number of nitrogens with one attached hydrogen (secondary N) is 1. The zero-order valence-electron chi connectivity index (χ0n) is 13.3. The van der Waals surface area contributed by atoms with Crippen LogP contribution in [0, 0.1) is 5.92 Å². The molecule has 0 atom stereocenters. The van der Waals surface area contributed by atoms with Crippen LogP contribution in [0.3, 0.4) is 0 Å². The van der Waals surface area contributed by atoms with E-state index in [4.69, 9.17) is 0 Å². The minimum absolute atomic E-state index is 0.107.